The van der Waals surface area contributed by atoms with Crippen molar-refractivity contribution in [1.29, 1.82) is 0 Å². The molecule has 0 unspecified atom stereocenters. The molecule has 2 saturated heterocycles. The van der Waals surface area contributed by atoms with Gasteiger partial charge in [-0.1, -0.05) is 6.42 Å². The predicted octanol–water partition coefficient (Wildman–Crippen LogP) is 2.56. The summed E-state index contributed by atoms with van der Waals surface area (Å²) in [5.41, 5.74) is 2.26. The Bertz CT molecular complexity index is 884. The molecule has 0 radical (unpaired) electrons. The quantitative estimate of drug-likeness (QED) is 0.373. The first-order chi connectivity index (χ1) is 14.1. The van der Waals surface area contributed by atoms with E-state index in [2.05, 4.69) is 20.9 Å². The number of hydrogen-bond acceptors (Lipinski definition) is 4. The summed E-state index contributed by atoms with van der Waals surface area (Å²) < 4.78 is 5.30. The normalized spacial score (nSPS) is 22.9. The summed E-state index contributed by atoms with van der Waals surface area (Å²) in [4.78, 5) is 26.8. The average molecular weight is 417 g/mol. The van der Waals surface area contributed by atoms with Gasteiger partial charge in [-0.3, -0.25) is 4.79 Å². The summed E-state index contributed by atoms with van der Waals surface area (Å²) in [6.45, 7) is 0.628. The Balaban J connectivity index is 1.14. The van der Waals surface area contributed by atoms with Gasteiger partial charge in [-0.25, -0.2) is 4.79 Å². The van der Waals surface area contributed by atoms with Crippen molar-refractivity contribution in [2.24, 2.45) is 0 Å². The Morgan fingerprint density at radius 1 is 1.31 bits per heavy atom. The summed E-state index contributed by atoms with van der Waals surface area (Å²) in [6.07, 6.45) is 6.27. The van der Waals surface area contributed by atoms with Crippen LogP contribution in [0.25, 0.3) is 10.9 Å². The number of hydrogen-bond donors (Lipinski definition) is 4. The number of rotatable bonds is 9. The number of ether oxygens (including phenoxy) is 1. The second-order valence-electron chi connectivity index (χ2n) is 7.69. The SMILES string of the molecule is COc1ccc2[nH]cc(CCNC(=O)CCCC[C@@H]3SC[C@@H]4NC(=O)N[C@@H]43)c2c1. The molecule has 3 amide bonds. The number of methoxy groups -OCH3 is 1. The number of amides is 3. The highest BCUT2D eigenvalue weighted by atomic mass is 32.2. The lowest BCUT2D eigenvalue weighted by atomic mass is 10.0. The lowest BCUT2D eigenvalue weighted by Crippen LogP contribution is -2.36. The molecule has 1 aromatic heterocycles. The van der Waals surface area contributed by atoms with Crippen LogP contribution in [0.5, 0.6) is 5.75 Å². The maximum atomic E-state index is 12.1. The van der Waals surface area contributed by atoms with Crippen molar-refractivity contribution in [2.75, 3.05) is 19.4 Å². The highest BCUT2D eigenvalue weighted by Gasteiger charge is 2.42. The lowest BCUT2D eigenvalue weighted by molar-refractivity contribution is -0.121. The number of aromatic nitrogens is 1. The van der Waals surface area contributed by atoms with Crippen molar-refractivity contribution in [3.63, 3.8) is 0 Å². The molecule has 2 aromatic rings. The number of aromatic amines is 1. The Morgan fingerprint density at radius 2 is 2.21 bits per heavy atom. The lowest BCUT2D eigenvalue weighted by Gasteiger charge is -2.16. The molecule has 2 aliphatic rings. The van der Waals surface area contributed by atoms with Crippen LogP contribution in [0.4, 0.5) is 4.79 Å². The van der Waals surface area contributed by atoms with Crippen LogP contribution in [-0.2, 0) is 11.2 Å². The van der Waals surface area contributed by atoms with Crippen LogP contribution >= 0.6 is 11.8 Å². The first-order valence-electron chi connectivity index (χ1n) is 10.2. The van der Waals surface area contributed by atoms with Gasteiger partial charge >= 0.3 is 6.03 Å². The number of fused-ring (bicyclic) bond motifs is 2. The summed E-state index contributed by atoms with van der Waals surface area (Å²) in [6, 6.07) is 6.44. The van der Waals surface area contributed by atoms with Crippen molar-refractivity contribution < 1.29 is 14.3 Å². The molecule has 0 aliphatic carbocycles. The third-order valence-electron chi connectivity index (χ3n) is 5.77. The Kier molecular flexibility index (Phi) is 6.18. The van der Waals surface area contributed by atoms with Crippen LogP contribution in [0.2, 0.25) is 0 Å². The highest BCUT2D eigenvalue weighted by Crippen LogP contribution is 2.33. The van der Waals surface area contributed by atoms with Crippen LogP contribution in [0.3, 0.4) is 0 Å². The minimum absolute atomic E-state index is 0.0432. The number of thioether (sulfide) groups is 1. The number of urea groups is 1. The van der Waals surface area contributed by atoms with E-state index < -0.39 is 0 Å². The van der Waals surface area contributed by atoms with Gasteiger partial charge in [-0.15, -0.1) is 0 Å². The monoisotopic (exact) mass is 416 g/mol. The Hall–Kier alpha value is -2.35. The first-order valence-corrected chi connectivity index (χ1v) is 11.3. The Labute approximate surface area is 174 Å². The molecule has 3 heterocycles. The summed E-state index contributed by atoms with van der Waals surface area (Å²) in [7, 11) is 1.66. The van der Waals surface area contributed by atoms with Gasteiger partial charge in [0.25, 0.3) is 0 Å². The van der Waals surface area contributed by atoms with E-state index in [4.69, 9.17) is 4.74 Å². The van der Waals surface area contributed by atoms with Crippen LogP contribution in [0, 0.1) is 0 Å². The minimum Gasteiger partial charge on any atom is -0.497 e. The highest BCUT2D eigenvalue weighted by molar-refractivity contribution is 8.00. The molecule has 4 rings (SSSR count). The molecule has 1 aromatic carbocycles. The van der Waals surface area contributed by atoms with Gasteiger partial charge in [0.15, 0.2) is 0 Å². The van der Waals surface area contributed by atoms with Gasteiger partial charge in [0.2, 0.25) is 5.91 Å². The molecule has 0 spiro atoms. The van der Waals surface area contributed by atoms with E-state index in [0.29, 0.717) is 18.2 Å². The fraction of sp³-hybridized carbons (Fsp3) is 0.524. The van der Waals surface area contributed by atoms with E-state index in [1.54, 1.807) is 7.11 Å². The maximum Gasteiger partial charge on any atom is 0.315 e. The largest absolute Gasteiger partial charge is 0.497 e. The minimum atomic E-state index is -0.0432. The summed E-state index contributed by atoms with van der Waals surface area (Å²) in [5.74, 6) is 1.92. The molecule has 29 heavy (non-hydrogen) atoms. The van der Waals surface area contributed by atoms with Gasteiger partial charge in [0.05, 0.1) is 19.2 Å². The molecule has 156 valence electrons. The zero-order chi connectivity index (χ0) is 20.2. The van der Waals surface area contributed by atoms with E-state index >= 15 is 0 Å². The predicted molar refractivity (Wildman–Crippen MR) is 116 cm³/mol. The number of carbonyl (C=O) groups excluding carboxylic acids is 2. The second kappa shape index (κ2) is 8.98. The molecular formula is C21H28N4O3S. The van der Waals surface area contributed by atoms with Gasteiger partial charge < -0.3 is 25.7 Å². The van der Waals surface area contributed by atoms with Crippen molar-refractivity contribution >= 4 is 34.6 Å². The first kappa shape index (κ1) is 19.9. The van der Waals surface area contributed by atoms with E-state index in [1.165, 1.54) is 5.56 Å². The van der Waals surface area contributed by atoms with Crippen molar-refractivity contribution in [3.8, 4) is 5.75 Å². The molecule has 4 N–H and O–H groups in total. The summed E-state index contributed by atoms with van der Waals surface area (Å²) in [5, 5.41) is 10.6. The average Bonchev–Trinajstić information content (AvgIpc) is 3.39. The van der Waals surface area contributed by atoms with E-state index in [9.17, 15) is 9.59 Å². The molecule has 2 fully saturated rings. The molecule has 7 nitrogen and oxygen atoms in total. The van der Waals surface area contributed by atoms with Crippen LogP contribution in [-0.4, -0.2) is 53.7 Å². The number of carbonyl (C=O) groups is 2. The van der Waals surface area contributed by atoms with Gasteiger partial charge in [0.1, 0.15) is 5.75 Å². The van der Waals surface area contributed by atoms with Crippen molar-refractivity contribution in [1.82, 2.24) is 20.9 Å². The van der Waals surface area contributed by atoms with Crippen LogP contribution in [0.1, 0.15) is 31.2 Å². The number of unbranched alkanes of at least 4 members (excludes halogenated alkanes) is 1. The van der Waals surface area contributed by atoms with Crippen LogP contribution in [0.15, 0.2) is 24.4 Å². The van der Waals surface area contributed by atoms with Crippen molar-refractivity contribution in [3.05, 3.63) is 30.0 Å². The molecule has 8 heteroatoms. The van der Waals surface area contributed by atoms with E-state index in [0.717, 1.165) is 48.1 Å². The number of nitrogens with one attached hydrogen (secondary N) is 4. The van der Waals surface area contributed by atoms with Gasteiger partial charge in [-0.2, -0.15) is 11.8 Å². The standard InChI is InChI=1S/C21H28N4O3S/c1-28-14-6-7-16-15(10-14)13(11-23-16)8-9-22-19(26)5-3-2-4-18-20-17(12-29-18)24-21(27)25-20/h6-7,10-11,17-18,20,23H,2-5,8-9,12H2,1H3,(H,22,26)(H2,24,25,27)/t17-,18-,20-/m0/s1. The van der Waals surface area contributed by atoms with Gasteiger partial charge in [0, 0.05) is 41.1 Å². The third-order valence-corrected chi connectivity index (χ3v) is 7.28. The fourth-order valence-corrected chi connectivity index (χ4v) is 5.73. The fourth-order valence-electron chi connectivity index (χ4n) is 4.19. The van der Waals surface area contributed by atoms with Crippen LogP contribution < -0.4 is 20.7 Å². The zero-order valence-corrected chi connectivity index (χ0v) is 17.4. The smallest absolute Gasteiger partial charge is 0.315 e. The topological polar surface area (TPSA) is 95.2 Å². The zero-order valence-electron chi connectivity index (χ0n) is 16.6. The number of H-pyrrole nitrogens is 1. The molecule has 2 aliphatic heterocycles. The Morgan fingerprint density at radius 3 is 3.07 bits per heavy atom. The third kappa shape index (κ3) is 4.63. The molecular weight excluding hydrogens is 388 g/mol. The maximum absolute atomic E-state index is 12.1. The van der Waals surface area contributed by atoms with E-state index in [1.807, 2.05) is 36.2 Å². The number of benzene rings is 1. The molecule has 3 atom stereocenters. The second-order valence-corrected chi connectivity index (χ2v) is 8.97. The van der Waals surface area contributed by atoms with Crippen molar-refractivity contribution in [2.45, 2.75) is 49.4 Å². The van der Waals surface area contributed by atoms with E-state index in [-0.39, 0.29) is 24.0 Å². The summed E-state index contributed by atoms with van der Waals surface area (Å²) >= 11 is 1.92. The molecule has 0 saturated carbocycles. The molecule has 0 bridgehead atoms. The van der Waals surface area contributed by atoms with Gasteiger partial charge in [-0.05, 0) is 43.0 Å².